The third-order valence-electron chi connectivity index (χ3n) is 9.34. The van der Waals surface area contributed by atoms with Crippen LogP contribution in [-0.4, -0.2) is 14.0 Å². The molecule has 0 spiro atoms. The SMILES string of the molecule is c1ccc(-n2c(-c3ccc(-c4c5cc(-c6cccc7ccccc67)ccc5n5c4sc4ccccc45)cc3)nc3ccccc32)cc1. The molecule has 0 unspecified atom stereocenters. The second-order valence-corrected chi connectivity index (χ2v) is 13.0. The molecule has 3 aromatic heterocycles. The minimum atomic E-state index is 0.941. The molecular formula is C43H27N3S. The number of fused-ring (bicyclic) bond motifs is 7. The van der Waals surface area contributed by atoms with E-state index < -0.39 is 0 Å². The topological polar surface area (TPSA) is 22.2 Å². The molecule has 0 saturated carbocycles. The Bertz CT molecular complexity index is 2780. The van der Waals surface area contributed by atoms with Crippen molar-refractivity contribution < 1.29 is 0 Å². The van der Waals surface area contributed by atoms with Crippen molar-refractivity contribution >= 4 is 59.1 Å². The molecule has 0 radical (unpaired) electrons. The number of hydrogen-bond acceptors (Lipinski definition) is 2. The Labute approximate surface area is 275 Å². The third-order valence-corrected chi connectivity index (χ3v) is 10.5. The first-order valence-corrected chi connectivity index (χ1v) is 16.7. The highest BCUT2D eigenvalue weighted by Crippen LogP contribution is 2.44. The summed E-state index contributed by atoms with van der Waals surface area (Å²) in [6.07, 6.45) is 0. The van der Waals surface area contributed by atoms with Gasteiger partial charge >= 0.3 is 0 Å². The number of imidazole rings is 1. The van der Waals surface area contributed by atoms with Crippen LogP contribution in [0, 0.1) is 0 Å². The minimum Gasteiger partial charge on any atom is -0.299 e. The van der Waals surface area contributed by atoms with E-state index in [-0.39, 0.29) is 0 Å². The highest BCUT2D eigenvalue weighted by molar-refractivity contribution is 7.24. The molecule has 0 bridgehead atoms. The number of thiazole rings is 1. The summed E-state index contributed by atoms with van der Waals surface area (Å²) in [5.74, 6) is 0.941. The Morgan fingerprint density at radius 1 is 0.489 bits per heavy atom. The molecule has 0 fully saturated rings. The molecule has 0 atom stereocenters. The van der Waals surface area contributed by atoms with Crippen LogP contribution >= 0.6 is 11.3 Å². The first kappa shape index (κ1) is 26.3. The van der Waals surface area contributed by atoms with E-state index >= 15 is 0 Å². The van der Waals surface area contributed by atoms with Gasteiger partial charge in [0.05, 0.1) is 26.8 Å². The summed E-state index contributed by atoms with van der Waals surface area (Å²) in [6, 6.07) is 58.8. The predicted octanol–water partition coefficient (Wildman–Crippen LogP) is 11.8. The first-order valence-electron chi connectivity index (χ1n) is 15.9. The minimum absolute atomic E-state index is 0.941. The third kappa shape index (κ3) is 4.02. The number of nitrogens with zero attached hydrogens (tertiary/aromatic N) is 3. The quantitative estimate of drug-likeness (QED) is 0.193. The monoisotopic (exact) mass is 617 g/mol. The number of hydrogen-bond donors (Lipinski definition) is 0. The van der Waals surface area contributed by atoms with Gasteiger partial charge in [-0.15, -0.1) is 11.3 Å². The zero-order valence-corrected chi connectivity index (χ0v) is 26.2. The van der Waals surface area contributed by atoms with E-state index in [0.29, 0.717) is 0 Å². The van der Waals surface area contributed by atoms with Gasteiger partial charge in [-0.3, -0.25) is 8.97 Å². The average molecular weight is 618 g/mol. The average Bonchev–Trinajstić information content (AvgIpc) is 3.80. The number of aromatic nitrogens is 3. The molecule has 10 aromatic rings. The summed E-state index contributed by atoms with van der Waals surface area (Å²) in [7, 11) is 0. The van der Waals surface area contributed by atoms with E-state index in [1.165, 1.54) is 59.0 Å². The summed E-state index contributed by atoms with van der Waals surface area (Å²) in [6.45, 7) is 0. The van der Waals surface area contributed by atoms with E-state index in [0.717, 1.165) is 28.1 Å². The second kappa shape index (κ2) is 10.3. The zero-order chi connectivity index (χ0) is 30.9. The van der Waals surface area contributed by atoms with Gasteiger partial charge in [0.25, 0.3) is 0 Å². The molecule has 7 aromatic carbocycles. The Kier molecular flexibility index (Phi) is 5.74. The van der Waals surface area contributed by atoms with Gasteiger partial charge in [0, 0.05) is 22.2 Å². The lowest BCUT2D eigenvalue weighted by atomic mass is 9.95. The van der Waals surface area contributed by atoms with Crippen molar-refractivity contribution in [2.45, 2.75) is 0 Å². The summed E-state index contributed by atoms with van der Waals surface area (Å²) >= 11 is 1.86. The molecule has 220 valence electrons. The highest BCUT2D eigenvalue weighted by atomic mass is 32.1. The van der Waals surface area contributed by atoms with Crippen LogP contribution in [0.4, 0.5) is 0 Å². The highest BCUT2D eigenvalue weighted by Gasteiger charge is 2.20. The van der Waals surface area contributed by atoms with Gasteiger partial charge in [-0.25, -0.2) is 4.98 Å². The van der Waals surface area contributed by atoms with Crippen molar-refractivity contribution in [2.75, 3.05) is 0 Å². The van der Waals surface area contributed by atoms with Crippen molar-refractivity contribution in [3.63, 3.8) is 0 Å². The van der Waals surface area contributed by atoms with E-state index in [1.54, 1.807) is 0 Å². The molecule has 0 saturated heterocycles. The van der Waals surface area contributed by atoms with Crippen LogP contribution in [0.2, 0.25) is 0 Å². The van der Waals surface area contributed by atoms with E-state index in [1.807, 2.05) is 11.3 Å². The van der Waals surface area contributed by atoms with Crippen molar-refractivity contribution in [1.29, 1.82) is 0 Å². The Hall–Kier alpha value is -5.97. The lowest BCUT2D eigenvalue weighted by molar-refractivity contribution is 1.10. The fourth-order valence-electron chi connectivity index (χ4n) is 7.20. The lowest BCUT2D eigenvalue weighted by Gasteiger charge is -2.10. The first-order chi connectivity index (χ1) is 23.3. The second-order valence-electron chi connectivity index (χ2n) is 12.0. The summed E-state index contributed by atoms with van der Waals surface area (Å²) in [5, 5.41) is 3.79. The maximum Gasteiger partial charge on any atom is 0.145 e. The van der Waals surface area contributed by atoms with Crippen LogP contribution in [-0.2, 0) is 0 Å². The molecule has 3 nitrogen and oxygen atoms in total. The molecule has 0 aliphatic carbocycles. The van der Waals surface area contributed by atoms with Crippen molar-refractivity contribution in [3.8, 4) is 39.3 Å². The van der Waals surface area contributed by atoms with E-state index in [9.17, 15) is 0 Å². The van der Waals surface area contributed by atoms with Crippen LogP contribution in [0.15, 0.2) is 164 Å². The predicted molar refractivity (Wildman–Crippen MR) is 199 cm³/mol. The molecular weight excluding hydrogens is 591 g/mol. The van der Waals surface area contributed by atoms with Crippen LogP contribution in [0.25, 0.3) is 87.1 Å². The Balaban J connectivity index is 1.19. The fourth-order valence-corrected chi connectivity index (χ4v) is 8.44. The molecule has 47 heavy (non-hydrogen) atoms. The lowest BCUT2D eigenvalue weighted by Crippen LogP contribution is -1.97. The van der Waals surface area contributed by atoms with Crippen molar-refractivity contribution in [1.82, 2.24) is 14.0 Å². The zero-order valence-electron chi connectivity index (χ0n) is 25.3. The smallest absolute Gasteiger partial charge is 0.145 e. The number of rotatable bonds is 4. The molecule has 0 N–H and O–H groups in total. The van der Waals surface area contributed by atoms with Gasteiger partial charge in [0.15, 0.2) is 0 Å². The van der Waals surface area contributed by atoms with E-state index in [2.05, 4.69) is 173 Å². The van der Waals surface area contributed by atoms with Gasteiger partial charge in [-0.1, -0.05) is 115 Å². The summed E-state index contributed by atoms with van der Waals surface area (Å²) in [4.78, 5) is 6.38. The van der Waals surface area contributed by atoms with Crippen LogP contribution < -0.4 is 0 Å². The standard InChI is InChI=1S/C43H27N3S/c1-2-13-32(14-3-1)45-38-18-7-6-17-36(38)44-42(45)30-23-21-29(22-24-30)41-35-27-31(34-16-10-12-28-11-4-5-15-33(28)34)25-26-37(35)46-39-19-8-9-20-40(39)47-43(41)46/h1-27H. The van der Waals surface area contributed by atoms with E-state index in [4.69, 9.17) is 4.98 Å². The largest absolute Gasteiger partial charge is 0.299 e. The van der Waals surface area contributed by atoms with Gasteiger partial charge in [-0.2, -0.15) is 0 Å². The van der Waals surface area contributed by atoms with Gasteiger partial charge in [0.1, 0.15) is 10.7 Å². The number of benzene rings is 7. The van der Waals surface area contributed by atoms with Crippen LogP contribution in [0.3, 0.4) is 0 Å². The van der Waals surface area contributed by atoms with Crippen molar-refractivity contribution in [3.05, 3.63) is 164 Å². The van der Waals surface area contributed by atoms with Gasteiger partial charge in [0.2, 0.25) is 0 Å². The summed E-state index contributed by atoms with van der Waals surface area (Å²) in [5.41, 5.74) is 11.7. The fraction of sp³-hybridized carbons (Fsp3) is 0. The van der Waals surface area contributed by atoms with Crippen LogP contribution in [0.1, 0.15) is 0 Å². The molecule has 0 aliphatic rings. The Morgan fingerprint density at radius 3 is 2.09 bits per heavy atom. The molecule has 0 aliphatic heterocycles. The molecule has 0 amide bonds. The maximum absolute atomic E-state index is 5.11. The maximum atomic E-state index is 5.11. The van der Waals surface area contributed by atoms with Gasteiger partial charge in [-0.05, 0) is 76.0 Å². The van der Waals surface area contributed by atoms with Crippen molar-refractivity contribution in [2.24, 2.45) is 0 Å². The normalized spacial score (nSPS) is 11.8. The van der Waals surface area contributed by atoms with Crippen LogP contribution in [0.5, 0.6) is 0 Å². The van der Waals surface area contributed by atoms with Gasteiger partial charge < -0.3 is 0 Å². The molecule has 3 heterocycles. The molecule has 4 heteroatoms. The number of para-hydroxylation sites is 4. The summed E-state index contributed by atoms with van der Waals surface area (Å²) < 4.78 is 6.00. The Morgan fingerprint density at radius 2 is 1.19 bits per heavy atom. The molecule has 10 rings (SSSR count).